The van der Waals surface area contributed by atoms with Gasteiger partial charge in [0.25, 0.3) is 5.69 Å². The number of imide groups is 1. The van der Waals surface area contributed by atoms with Crippen molar-refractivity contribution in [2.24, 2.45) is 5.92 Å². The molecule has 3 N–H and O–H groups in total. The normalized spacial score (nSPS) is 19.3. The smallest absolute Gasteiger partial charge is 0.269 e. The first-order valence-electron chi connectivity index (χ1n) is 13.1. The number of nitro benzene ring substituents is 1. The van der Waals surface area contributed by atoms with Crippen molar-refractivity contribution in [3.05, 3.63) is 34.4 Å². The summed E-state index contributed by atoms with van der Waals surface area (Å²) in [5.41, 5.74) is 0.194. The Hall–Kier alpha value is -4.36. The van der Waals surface area contributed by atoms with E-state index in [1.54, 1.807) is 13.8 Å². The van der Waals surface area contributed by atoms with Crippen molar-refractivity contribution >= 4 is 46.8 Å². The number of hydrogen-bond donors (Lipinski definition) is 3. The molecular weight excluding hydrogens is 524 g/mol. The van der Waals surface area contributed by atoms with Crippen LogP contribution in [0.15, 0.2) is 24.3 Å². The Morgan fingerprint density at radius 1 is 0.950 bits per heavy atom. The van der Waals surface area contributed by atoms with Crippen LogP contribution >= 0.6 is 0 Å². The first-order chi connectivity index (χ1) is 18.8. The Morgan fingerprint density at radius 3 is 2.10 bits per heavy atom. The maximum Gasteiger partial charge on any atom is 0.269 e. The number of nitro groups is 1. The Bertz CT molecular complexity index is 1180. The van der Waals surface area contributed by atoms with Gasteiger partial charge in [-0.15, -0.1) is 0 Å². The number of amides is 6. The van der Waals surface area contributed by atoms with Gasteiger partial charge in [0, 0.05) is 37.2 Å². The molecule has 2 fully saturated rings. The first kappa shape index (κ1) is 30.2. The van der Waals surface area contributed by atoms with E-state index in [1.165, 1.54) is 43.0 Å². The van der Waals surface area contributed by atoms with Crippen molar-refractivity contribution < 1.29 is 33.7 Å². The summed E-state index contributed by atoms with van der Waals surface area (Å²) >= 11 is 0. The van der Waals surface area contributed by atoms with E-state index in [4.69, 9.17) is 0 Å². The molecule has 2 aliphatic rings. The second kappa shape index (κ2) is 12.7. The molecule has 0 radical (unpaired) electrons. The third-order valence-corrected chi connectivity index (χ3v) is 7.02. The van der Waals surface area contributed by atoms with Gasteiger partial charge < -0.3 is 20.9 Å². The second-order valence-electron chi connectivity index (χ2n) is 10.3. The van der Waals surface area contributed by atoms with E-state index in [2.05, 4.69) is 16.0 Å². The summed E-state index contributed by atoms with van der Waals surface area (Å²) in [6.07, 6.45) is 0.983. The molecule has 1 aromatic rings. The molecule has 2 saturated heterocycles. The van der Waals surface area contributed by atoms with Crippen molar-refractivity contribution in [3.8, 4) is 0 Å². The van der Waals surface area contributed by atoms with Gasteiger partial charge >= 0.3 is 0 Å². The van der Waals surface area contributed by atoms with Crippen molar-refractivity contribution in [1.82, 2.24) is 20.4 Å². The van der Waals surface area contributed by atoms with E-state index < -0.39 is 64.5 Å². The number of rotatable bonds is 10. The van der Waals surface area contributed by atoms with E-state index in [0.29, 0.717) is 18.5 Å². The van der Waals surface area contributed by atoms with Gasteiger partial charge in [-0.2, -0.15) is 0 Å². The van der Waals surface area contributed by atoms with Crippen LogP contribution in [0, 0.1) is 16.0 Å². The lowest BCUT2D eigenvalue weighted by Crippen LogP contribution is -2.57. The molecule has 0 spiro atoms. The molecule has 6 amide bonds. The fourth-order valence-corrected chi connectivity index (χ4v) is 4.76. The standard InChI is InChI=1S/C26H34N6O8/c1-14(2)22(25(37)28-17-7-9-18(10-8-17)32(39)40)29-24(36)19-6-5-13-30(19)26(38)15(3)27-23(35)16(4)31-20(33)11-12-21(31)34/h7-10,14-16,19,22H,5-6,11-13H2,1-4H3,(H,27,35)(H,28,37)(H,29,36)/t15-,16-,19-,22-/m0/s1. The van der Waals surface area contributed by atoms with Gasteiger partial charge in [0.15, 0.2) is 0 Å². The largest absolute Gasteiger partial charge is 0.343 e. The molecule has 1 aromatic carbocycles. The van der Waals surface area contributed by atoms with Crippen LogP contribution in [-0.2, 0) is 28.8 Å². The van der Waals surface area contributed by atoms with Crippen LogP contribution in [-0.4, -0.2) is 80.9 Å². The SMILES string of the molecule is CC(C)[C@H](NC(=O)[C@@H]1CCCN1C(=O)[C@H](C)NC(=O)[C@H](C)N1C(=O)CCC1=O)C(=O)Nc1ccc([N+](=O)[O-])cc1. The molecule has 0 saturated carbocycles. The highest BCUT2D eigenvalue weighted by molar-refractivity contribution is 6.06. The Kier molecular flexibility index (Phi) is 9.56. The minimum Gasteiger partial charge on any atom is -0.343 e. The van der Waals surface area contributed by atoms with Gasteiger partial charge in [-0.1, -0.05) is 13.8 Å². The predicted molar refractivity (Wildman–Crippen MR) is 141 cm³/mol. The van der Waals surface area contributed by atoms with Crippen molar-refractivity contribution in [2.75, 3.05) is 11.9 Å². The third-order valence-electron chi connectivity index (χ3n) is 7.02. The topological polar surface area (TPSA) is 188 Å². The fourth-order valence-electron chi connectivity index (χ4n) is 4.76. The van der Waals surface area contributed by atoms with Gasteiger partial charge in [0.1, 0.15) is 24.2 Å². The molecule has 0 bridgehead atoms. The summed E-state index contributed by atoms with van der Waals surface area (Å²) in [4.78, 5) is 88.5. The molecular formula is C26H34N6O8. The Balaban J connectivity index is 1.62. The molecule has 3 rings (SSSR count). The highest BCUT2D eigenvalue weighted by Crippen LogP contribution is 2.21. The highest BCUT2D eigenvalue weighted by Gasteiger charge is 2.40. The molecule has 0 unspecified atom stereocenters. The molecule has 216 valence electrons. The average molecular weight is 559 g/mol. The first-order valence-corrected chi connectivity index (χ1v) is 13.1. The summed E-state index contributed by atoms with van der Waals surface area (Å²) in [7, 11) is 0. The molecule has 14 nitrogen and oxygen atoms in total. The Labute approximate surface area is 231 Å². The zero-order chi connectivity index (χ0) is 29.7. The third kappa shape index (κ3) is 6.79. The van der Waals surface area contributed by atoms with Gasteiger partial charge in [-0.3, -0.25) is 43.8 Å². The number of likely N-dealkylation sites (tertiary alicyclic amines) is 2. The number of benzene rings is 1. The molecule has 4 atom stereocenters. The minimum atomic E-state index is -1.07. The van der Waals surface area contributed by atoms with E-state index in [9.17, 15) is 38.9 Å². The lowest BCUT2D eigenvalue weighted by atomic mass is 10.0. The average Bonchev–Trinajstić information content (AvgIpc) is 3.52. The zero-order valence-corrected chi connectivity index (χ0v) is 22.8. The molecule has 2 heterocycles. The van der Waals surface area contributed by atoms with Gasteiger partial charge in [0.05, 0.1) is 4.92 Å². The van der Waals surface area contributed by atoms with Crippen LogP contribution in [0.25, 0.3) is 0 Å². The summed E-state index contributed by atoms with van der Waals surface area (Å²) in [5, 5.41) is 18.7. The van der Waals surface area contributed by atoms with Gasteiger partial charge in [-0.05, 0) is 44.7 Å². The minimum absolute atomic E-state index is 0.0405. The monoisotopic (exact) mass is 558 g/mol. The van der Waals surface area contributed by atoms with Crippen LogP contribution in [0.4, 0.5) is 11.4 Å². The van der Waals surface area contributed by atoms with Crippen LogP contribution in [0.3, 0.4) is 0 Å². The van der Waals surface area contributed by atoms with Crippen molar-refractivity contribution in [2.45, 2.75) is 77.5 Å². The number of nitrogens with one attached hydrogen (secondary N) is 3. The molecule has 40 heavy (non-hydrogen) atoms. The van der Waals surface area contributed by atoms with Crippen LogP contribution < -0.4 is 16.0 Å². The quantitative estimate of drug-likeness (QED) is 0.213. The molecule has 0 aromatic heterocycles. The summed E-state index contributed by atoms with van der Waals surface area (Å²) in [5.74, 6) is -3.41. The lowest BCUT2D eigenvalue weighted by Gasteiger charge is -2.30. The maximum absolute atomic E-state index is 13.2. The number of anilines is 1. The van der Waals surface area contributed by atoms with E-state index in [0.717, 1.165) is 4.90 Å². The van der Waals surface area contributed by atoms with Crippen LogP contribution in [0.1, 0.15) is 53.4 Å². The van der Waals surface area contributed by atoms with Gasteiger partial charge in [0.2, 0.25) is 35.4 Å². The number of hydrogen-bond acceptors (Lipinski definition) is 8. The predicted octanol–water partition coefficient (Wildman–Crippen LogP) is 0.707. The van der Waals surface area contributed by atoms with Crippen LogP contribution in [0.5, 0.6) is 0 Å². The molecule has 14 heteroatoms. The van der Waals surface area contributed by atoms with Crippen molar-refractivity contribution in [1.29, 1.82) is 0 Å². The number of nitrogens with zero attached hydrogens (tertiary/aromatic N) is 3. The zero-order valence-electron chi connectivity index (χ0n) is 22.8. The summed E-state index contributed by atoms with van der Waals surface area (Å²) in [6.45, 7) is 6.63. The van der Waals surface area contributed by atoms with E-state index >= 15 is 0 Å². The molecule has 2 aliphatic heterocycles. The number of carbonyl (C=O) groups is 6. The summed E-state index contributed by atoms with van der Waals surface area (Å²) in [6, 6.07) is 1.37. The van der Waals surface area contributed by atoms with Gasteiger partial charge in [-0.25, -0.2) is 0 Å². The number of non-ortho nitro benzene ring substituents is 1. The summed E-state index contributed by atoms with van der Waals surface area (Å²) < 4.78 is 0. The molecule has 0 aliphatic carbocycles. The number of carbonyl (C=O) groups excluding carboxylic acids is 6. The van der Waals surface area contributed by atoms with E-state index in [1.807, 2.05) is 0 Å². The van der Waals surface area contributed by atoms with E-state index in [-0.39, 0.29) is 31.0 Å². The highest BCUT2D eigenvalue weighted by atomic mass is 16.6. The second-order valence-corrected chi connectivity index (χ2v) is 10.3. The lowest BCUT2D eigenvalue weighted by molar-refractivity contribution is -0.384. The Morgan fingerprint density at radius 2 is 1.55 bits per heavy atom. The fraction of sp³-hybridized carbons (Fsp3) is 0.538. The van der Waals surface area contributed by atoms with Crippen LogP contribution in [0.2, 0.25) is 0 Å². The van der Waals surface area contributed by atoms with Crippen molar-refractivity contribution in [3.63, 3.8) is 0 Å². The maximum atomic E-state index is 13.2.